The van der Waals surface area contributed by atoms with Crippen LogP contribution in [0.3, 0.4) is 0 Å². The lowest BCUT2D eigenvalue weighted by Crippen LogP contribution is -2.39. The monoisotopic (exact) mass is 381 g/mol. The van der Waals surface area contributed by atoms with Crippen molar-refractivity contribution in [3.63, 3.8) is 0 Å². The molecule has 2 atom stereocenters. The zero-order chi connectivity index (χ0) is 19.9. The van der Waals surface area contributed by atoms with Gasteiger partial charge in [0, 0.05) is 25.7 Å². The van der Waals surface area contributed by atoms with E-state index in [2.05, 4.69) is 10.3 Å². The van der Waals surface area contributed by atoms with Crippen molar-refractivity contribution in [2.75, 3.05) is 20.2 Å². The Bertz CT molecular complexity index is 826. The number of aromatic nitrogens is 1. The SMILES string of the molecule is COC(=O)[C@@H](NC(=O)[C@@H]1CC(=O)N(CCc2ccccc2)C1)c1ccccn1. The highest BCUT2D eigenvalue weighted by Gasteiger charge is 2.36. The highest BCUT2D eigenvalue weighted by Crippen LogP contribution is 2.20. The van der Waals surface area contributed by atoms with Crippen molar-refractivity contribution < 1.29 is 19.1 Å². The zero-order valence-electron chi connectivity index (χ0n) is 15.7. The predicted molar refractivity (Wildman–Crippen MR) is 102 cm³/mol. The van der Waals surface area contributed by atoms with Gasteiger partial charge < -0.3 is 15.0 Å². The molecule has 3 rings (SSSR count). The van der Waals surface area contributed by atoms with Crippen LogP contribution in [0.2, 0.25) is 0 Å². The van der Waals surface area contributed by atoms with Crippen LogP contribution in [0.4, 0.5) is 0 Å². The molecule has 1 aliphatic rings. The minimum Gasteiger partial charge on any atom is -0.467 e. The Morgan fingerprint density at radius 2 is 1.96 bits per heavy atom. The summed E-state index contributed by atoms with van der Waals surface area (Å²) in [4.78, 5) is 42.9. The van der Waals surface area contributed by atoms with Crippen LogP contribution in [0.1, 0.15) is 23.7 Å². The summed E-state index contributed by atoms with van der Waals surface area (Å²) in [5.41, 5.74) is 1.54. The largest absolute Gasteiger partial charge is 0.467 e. The third kappa shape index (κ3) is 4.73. The maximum Gasteiger partial charge on any atom is 0.334 e. The number of rotatable bonds is 7. The molecule has 28 heavy (non-hydrogen) atoms. The van der Waals surface area contributed by atoms with Gasteiger partial charge in [-0.15, -0.1) is 0 Å². The predicted octanol–water partition coefficient (Wildman–Crippen LogP) is 1.50. The summed E-state index contributed by atoms with van der Waals surface area (Å²) in [5, 5.41) is 2.69. The van der Waals surface area contributed by atoms with Gasteiger partial charge in [0.1, 0.15) is 0 Å². The number of hydrogen-bond donors (Lipinski definition) is 1. The quantitative estimate of drug-likeness (QED) is 0.735. The number of nitrogens with one attached hydrogen (secondary N) is 1. The van der Waals surface area contributed by atoms with E-state index in [-0.39, 0.29) is 18.2 Å². The Labute approximate surface area is 163 Å². The van der Waals surface area contributed by atoms with Crippen molar-refractivity contribution in [2.45, 2.75) is 18.9 Å². The van der Waals surface area contributed by atoms with Gasteiger partial charge in [-0.05, 0) is 24.1 Å². The van der Waals surface area contributed by atoms with Gasteiger partial charge >= 0.3 is 5.97 Å². The highest BCUT2D eigenvalue weighted by atomic mass is 16.5. The van der Waals surface area contributed by atoms with Gasteiger partial charge in [-0.1, -0.05) is 36.4 Å². The molecule has 146 valence electrons. The molecule has 0 radical (unpaired) electrons. The molecule has 2 amide bonds. The molecule has 1 aliphatic heterocycles. The Morgan fingerprint density at radius 1 is 1.21 bits per heavy atom. The molecule has 1 N–H and O–H groups in total. The van der Waals surface area contributed by atoms with Crippen LogP contribution < -0.4 is 5.32 Å². The van der Waals surface area contributed by atoms with Crippen LogP contribution in [0.5, 0.6) is 0 Å². The molecule has 0 aliphatic carbocycles. The average molecular weight is 381 g/mol. The summed E-state index contributed by atoms with van der Waals surface area (Å²) >= 11 is 0. The van der Waals surface area contributed by atoms with Crippen molar-refractivity contribution in [2.24, 2.45) is 5.92 Å². The normalized spacial score (nSPS) is 17.2. The van der Waals surface area contributed by atoms with E-state index in [1.54, 1.807) is 29.3 Å². The first-order chi connectivity index (χ1) is 13.6. The molecule has 0 bridgehead atoms. The fourth-order valence-electron chi connectivity index (χ4n) is 3.25. The van der Waals surface area contributed by atoms with E-state index in [1.165, 1.54) is 7.11 Å². The maximum atomic E-state index is 12.7. The number of carbonyl (C=O) groups excluding carboxylic acids is 3. The van der Waals surface area contributed by atoms with Crippen LogP contribution in [-0.4, -0.2) is 47.9 Å². The fourth-order valence-corrected chi connectivity index (χ4v) is 3.25. The number of carbonyl (C=O) groups is 3. The molecule has 0 saturated carbocycles. The first-order valence-electron chi connectivity index (χ1n) is 9.19. The molecule has 2 aromatic rings. The lowest BCUT2D eigenvalue weighted by Gasteiger charge is -2.19. The summed E-state index contributed by atoms with van der Waals surface area (Å²) in [5.74, 6) is -1.50. The Kier molecular flexibility index (Phi) is 6.37. The van der Waals surface area contributed by atoms with Crippen molar-refractivity contribution in [3.05, 3.63) is 66.0 Å². The summed E-state index contributed by atoms with van der Waals surface area (Å²) in [6.45, 7) is 0.904. The molecule has 1 saturated heterocycles. The van der Waals surface area contributed by atoms with Crippen molar-refractivity contribution in [3.8, 4) is 0 Å². The molecule has 7 nitrogen and oxygen atoms in total. The molecular weight excluding hydrogens is 358 g/mol. The number of ether oxygens (including phenoxy) is 1. The number of esters is 1. The lowest BCUT2D eigenvalue weighted by atomic mass is 10.1. The van der Waals surface area contributed by atoms with Gasteiger partial charge in [0.2, 0.25) is 11.8 Å². The van der Waals surface area contributed by atoms with Crippen LogP contribution >= 0.6 is 0 Å². The van der Waals surface area contributed by atoms with E-state index in [0.29, 0.717) is 18.8 Å². The third-order valence-corrected chi connectivity index (χ3v) is 4.81. The fraction of sp³-hybridized carbons (Fsp3) is 0.333. The number of amides is 2. The van der Waals surface area contributed by atoms with Crippen molar-refractivity contribution in [1.29, 1.82) is 0 Å². The number of hydrogen-bond acceptors (Lipinski definition) is 5. The molecule has 1 aromatic heterocycles. The average Bonchev–Trinajstić information content (AvgIpc) is 3.12. The van der Waals surface area contributed by atoms with Gasteiger partial charge in [0.05, 0.1) is 18.7 Å². The van der Waals surface area contributed by atoms with Gasteiger partial charge in [-0.2, -0.15) is 0 Å². The van der Waals surface area contributed by atoms with Gasteiger partial charge in [0.25, 0.3) is 0 Å². The number of methoxy groups -OCH3 is 1. The molecule has 2 heterocycles. The summed E-state index contributed by atoms with van der Waals surface area (Å²) in [7, 11) is 1.26. The molecule has 1 fully saturated rings. The summed E-state index contributed by atoms with van der Waals surface area (Å²) < 4.78 is 4.79. The number of likely N-dealkylation sites (tertiary alicyclic amines) is 1. The molecule has 7 heteroatoms. The summed E-state index contributed by atoms with van der Waals surface area (Å²) in [6, 6.07) is 14.0. The van der Waals surface area contributed by atoms with Gasteiger partial charge in [-0.25, -0.2) is 4.79 Å². The van der Waals surface area contributed by atoms with Crippen molar-refractivity contribution >= 4 is 17.8 Å². The second kappa shape index (κ2) is 9.12. The van der Waals surface area contributed by atoms with Gasteiger partial charge in [-0.3, -0.25) is 14.6 Å². The zero-order valence-corrected chi connectivity index (χ0v) is 15.7. The maximum absolute atomic E-state index is 12.7. The highest BCUT2D eigenvalue weighted by molar-refractivity contribution is 5.91. The molecule has 1 aromatic carbocycles. The van der Waals surface area contributed by atoms with Crippen molar-refractivity contribution in [1.82, 2.24) is 15.2 Å². The number of nitrogens with zero attached hydrogens (tertiary/aromatic N) is 2. The first kappa shape index (κ1) is 19.5. The van der Waals surface area contributed by atoms with E-state index in [1.807, 2.05) is 30.3 Å². The van der Waals surface area contributed by atoms with Crippen LogP contribution in [0, 0.1) is 5.92 Å². The number of benzene rings is 1. The molecule has 0 unspecified atom stereocenters. The first-order valence-corrected chi connectivity index (χ1v) is 9.19. The lowest BCUT2D eigenvalue weighted by molar-refractivity contribution is -0.145. The smallest absolute Gasteiger partial charge is 0.334 e. The van der Waals surface area contributed by atoms with E-state index in [4.69, 9.17) is 4.74 Å². The van der Waals surface area contributed by atoms with Crippen LogP contribution in [0.25, 0.3) is 0 Å². The second-order valence-electron chi connectivity index (χ2n) is 6.70. The van der Waals surface area contributed by atoms with Crippen LogP contribution in [0.15, 0.2) is 54.7 Å². The van der Waals surface area contributed by atoms with E-state index in [0.717, 1.165) is 12.0 Å². The topological polar surface area (TPSA) is 88.6 Å². The standard InChI is InChI=1S/C21H23N3O4/c1-28-21(27)19(17-9-5-6-11-22-17)23-20(26)16-13-18(25)24(14-16)12-10-15-7-3-2-4-8-15/h2-9,11,16,19H,10,12-14H2,1H3,(H,23,26)/t16-,19+/m1/s1. The van der Waals surface area contributed by atoms with E-state index < -0.39 is 17.9 Å². The van der Waals surface area contributed by atoms with Crippen LogP contribution in [-0.2, 0) is 25.5 Å². The summed E-state index contributed by atoms with van der Waals surface area (Å²) in [6.07, 6.45) is 2.41. The molecule has 0 spiro atoms. The Hall–Kier alpha value is -3.22. The third-order valence-electron chi connectivity index (χ3n) is 4.81. The van der Waals surface area contributed by atoms with E-state index in [9.17, 15) is 14.4 Å². The van der Waals surface area contributed by atoms with E-state index >= 15 is 0 Å². The minimum atomic E-state index is -0.993. The number of pyridine rings is 1. The Balaban J connectivity index is 1.60. The second-order valence-corrected chi connectivity index (χ2v) is 6.70. The van der Waals surface area contributed by atoms with Gasteiger partial charge in [0.15, 0.2) is 6.04 Å². The molecular formula is C21H23N3O4. The Morgan fingerprint density at radius 3 is 2.64 bits per heavy atom. The minimum absolute atomic E-state index is 0.0523.